The van der Waals surface area contributed by atoms with Gasteiger partial charge in [0.25, 0.3) is 5.91 Å². The van der Waals surface area contributed by atoms with Crippen molar-refractivity contribution in [2.45, 2.75) is 51.5 Å². The molecule has 30 heavy (non-hydrogen) atoms. The SMILES string of the molecule is Cc1ccc2c(c1)C(=O)N1CCCC1C(=O)N2CC(=O)NCCN1CCCCCC1. The fraction of sp³-hybridized carbons (Fsp3) is 0.609. The van der Waals surface area contributed by atoms with Crippen LogP contribution in [0.1, 0.15) is 54.4 Å². The lowest BCUT2D eigenvalue weighted by molar-refractivity contribution is -0.125. The van der Waals surface area contributed by atoms with Gasteiger partial charge < -0.3 is 20.0 Å². The molecule has 3 aliphatic heterocycles. The van der Waals surface area contributed by atoms with Gasteiger partial charge in [0.05, 0.1) is 11.3 Å². The highest BCUT2D eigenvalue weighted by Crippen LogP contribution is 2.32. The zero-order chi connectivity index (χ0) is 21.1. The summed E-state index contributed by atoms with van der Waals surface area (Å²) < 4.78 is 0. The van der Waals surface area contributed by atoms with E-state index in [1.807, 2.05) is 19.1 Å². The van der Waals surface area contributed by atoms with E-state index < -0.39 is 6.04 Å². The zero-order valence-electron chi connectivity index (χ0n) is 17.9. The van der Waals surface area contributed by atoms with Crippen LogP contribution in [0.25, 0.3) is 0 Å². The summed E-state index contributed by atoms with van der Waals surface area (Å²) in [4.78, 5) is 44.6. The van der Waals surface area contributed by atoms with Crippen molar-refractivity contribution in [3.05, 3.63) is 29.3 Å². The van der Waals surface area contributed by atoms with Crippen LogP contribution in [0.4, 0.5) is 5.69 Å². The van der Waals surface area contributed by atoms with Gasteiger partial charge in [0, 0.05) is 19.6 Å². The normalized spacial score (nSPS) is 22.4. The Morgan fingerprint density at radius 3 is 2.60 bits per heavy atom. The van der Waals surface area contributed by atoms with Gasteiger partial charge in [-0.05, 0) is 57.8 Å². The van der Waals surface area contributed by atoms with Crippen molar-refractivity contribution in [3.63, 3.8) is 0 Å². The molecule has 0 aromatic heterocycles. The maximum Gasteiger partial charge on any atom is 0.256 e. The molecule has 1 aromatic rings. The summed E-state index contributed by atoms with van der Waals surface area (Å²) in [6, 6.07) is 5.05. The minimum absolute atomic E-state index is 0.0491. The highest BCUT2D eigenvalue weighted by Gasteiger charge is 2.42. The molecule has 0 saturated carbocycles. The van der Waals surface area contributed by atoms with E-state index in [4.69, 9.17) is 0 Å². The molecule has 0 aliphatic carbocycles. The maximum absolute atomic E-state index is 13.3. The predicted molar refractivity (Wildman–Crippen MR) is 116 cm³/mol. The highest BCUT2D eigenvalue weighted by atomic mass is 16.2. The molecular weight excluding hydrogens is 380 g/mol. The smallest absolute Gasteiger partial charge is 0.256 e. The topological polar surface area (TPSA) is 73.0 Å². The number of benzene rings is 1. The van der Waals surface area contributed by atoms with E-state index in [1.165, 1.54) is 30.6 Å². The quantitative estimate of drug-likeness (QED) is 0.802. The van der Waals surface area contributed by atoms with Crippen LogP contribution in [0.5, 0.6) is 0 Å². The van der Waals surface area contributed by atoms with Gasteiger partial charge in [-0.25, -0.2) is 0 Å². The third kappa shape index (κ3) is 4.36. The standard InChI is InChI=1S/C23H32N4O3/c1-17-8-9-19-18(15-17)22(29)26-13-6-7-20(26)23(30)27(19)16-21(28)24-10-14-25-11-4-2-3-5-12-25/h8-9,15,20H,2-7,10-14,16H2,1H3,(H,24,28). The second kappa shape index (κ2) is 9.16. The first-order valence-electron chi connectivity index (χ1n) is 11.3. The molecule has 3 heterocycles. The van der Waals surface area contributed by atoms with Crippen LogP contribution in [0.3, 0.4) is 0 Å². The van der Waals surface area contributed by atoms with Crippen LogP contribution in [0.15, 0.2) is 18.2 Å². The van der Waals surface area contributed by atoms with Crippen LogP contribution >= 0.6 is 0 Å². The number of carbonyl (C=O) groups is 3. The van der Waals surface area contributed by atoms with Crippen molar-refractivity contribution in [2.24, 2.45) is 0 Å². The maximum atomic E-state index is 13.3. The van der Waals surface area contributed by atoms with Gasteiger partial charge in [-0.15, -0.1) is 0 Å². The van der Waals surface area contributed by atoms with Gasteiger partial charge in [-0.1, -0.05) is 24.5 Å². The molecular formula is C23H32N4O3. The Hall–Kier alpha value is -2.41. The lowest BCUT2D eigenvalue weighted by Gasteiger charge is -2.26. The van der Waals surface area contributed by atoms with E-state index in [1.54, 1.807) is 11.0 Å². The lowest BCUT2D eigenvalue weighted by atomic mass is 10.1. The van der Waals surface area contributed by atoms with Crippen LogP contribution < -0.4 is 10.2 Å². The molecule has 7 heteroatoms. The second-order valence-electron chi connectivity index (χ2n) is 8.71. The summed E-state index contributed by atoms with van der Waals surface area (Å²) in [5.41, 5.74) is 2.03. The van der Waals surface area contributed by atoms with Crippen LogP contribution in [-0.2, 0) is 9.59 Å². The van der Waals surface area contributed by atoms with Crippen LogP contribution in [-0.4, -0.2) is 72.8 Å². The Morgan fingerprint density at radius 2 is 1.83 bits per heavy atom. The Balaban J connectivity index is 1.45. The number of hydrogen-bond donors (Lipinski definition) is 1. The Bertz CT molecular complexity index is 817. The number of nitrogens with one attached hydrogen (secondary N) is 1. The molecule has 3 aliphatic rings. The van der Waals surface area contributed by atoms with Gasteiger partial charge in [-0.3, -0.25) is 14.4 Å². The molecule has 0 bridgehead atoms. The Kier molecular flexibility index (Phi) is 6.37. The van der Waals surface area contributed by atoms with Crippen molar-refractivity contribution < 1.29 is 14.4 Å². The van der Waals surface area contributed by atoms with Gasteiger partial charge in [0.1, 0.15) is 12.6 Å². The molecule has 1 N–H and O–H groups in total. The number of likely N-dealkylation sites (tertiary alicyclic amines) is 1. The van der Waals surface area contributed by atoms with Gasteiger partial charge >= 0.3 is 0 Å². The lowest BCUT2D eigenvalue weighted by Crippen LogP contribution is -2.48. The summed E-state index contributed by atoms with van der Waals surface area (Å²) in [7, 11) is 0. The first-order valence-corrected chi connectivity index (χ1v) is 11.3. The largest absolute Gasteiger partial charge is 0.353 e. The molecule has 1 atom stereocenters. The van der Waals surface area contributed by atoms with E-state index in [0.717, 1.165) is 31.6 Å². The van der Waals surface area contributed by atoms with Gasteiger partial charge in [0.15, 0.2) is 0 Å². The van der Waals surface area contributed by atoms with Gasteiger partial charge in [-0.2, -0.15) is 0 Å². The molecule has 0 spiro atoms. The molecule has 162 valence electrons. The van der Waals surface area contributed by atoms with Crippen molar-refractivity contribution in [2.75, 3.05) is 44.2 Å². The van der Waals surface area contributed by atoms with E-state index in [-0.39, 0.29) is 24.3 Å². The molecule has 7 nitrogen and oxygen atoms in total. The number of anilines is 1. The fourth-order valence-electron chi connectivity index (χ4n) is 4.85. The van der Waals surface area contributed by atoms with Crippen molar-refractivity contribution >= 4 is 23.4 Å². The van der Waals surface area contributed by atoms with E-state index in [2.05, 4.69) is 10.2 Å². The molecule has 1 unspecified atom stereocenters. The predicted octanol–water partition coefficient (Wildman–Crippen LogP) is 1.94. The number of hydrogen-bond acceptors (Lipinski definition) is 4. The van der Waals surface area contributed by atoms with Crippen LogP contribution in [0, 0.1) is 6.92 Å². The summed E-state index contributed by atoms with van der Waals surface area (Å²) in [5, 5.41) is 2.98. The minimum Gasteiger partial charge on any atom is -0.353 e. The third-order valence-electron chi connectivity index (χ3n) is 6.49. The number of amides is 3. The molecule has 4 rings (SSSR count). The Morgan fingerprint density at radius 1 is 1.07 bits per heavy atom. The summed E-state index contributed by atoms with van der Waals surface area (Å²) in [6.07, 6.45) is 6.49. The van der Waals surface area contributed by atoms with E-state index in [9.17, 15) is 14.4 Å². The molecule has 0 radical (unpaired) electrons. The van der Waals surface area contributed by atoms with E-state index >= 15 is 0 Å². The Labute approximate surface area is 178 Å². The minimum atomic E-state index is -0.463. The summed E-state index contributed by atoms with van der Waals surface area (Å²) in [6.45, 7) is 6.08. The van der Waals surface area contributed by atoms with Gasteiger partial charge in [0.2, 0.25) is 11.8 Å². The number of aryl methyl sites for hydroxylation is 1. The molecule has 1 aromatic carbocycles. The first-order chi connectivity index (χ1) is 14.5. The van der Waals surface area contributed by atoms with Crippen molar-refractivity contribution in [3.8, 4) is 0 Å². The van der Waals surface area contributed by atoms with Crippen molar-refractivity contribution in [1.29, 1.82) is 0 Å². The third-order valence-corrected chi connectivity index (χ3v) is 6.49. The highest BCUT2D eigenvalue weighted by molar-refractivity contribution is 6.12. The monoisotopic (exact) mass is 412 g/mol. The number of nitrogens with zero attached hydrogens (tertiary/aromatic N) is 3. The van der Waals surface area contributed by atoms with Crippen LogP contribution in [0.2, 0.25) is 0 Å². The molecule has 3 amide bonds. The zero-order valence-corrected chi connectivity index (χ0v) is 17.9. The molecule has 2 fully saturated rings. The average molecular weight is 413 g/mol. The van der Waals surface area contributed by atoms with E-state index in [0.29, 0.717) is 30.8 Å². The summed E-state index contributed by atoms with van der Waals surface area (Å²) in [5.74, 6) is -0.427. The number of fused-ring (bicyclic) bond motifs is 2. The van der Waals surface area contributed by atoms with Crippen molar-refractivity contribution in [1.82, 2.24) is 15.1 Å². The summed E-state index contributed by atoms with van der Waals surface area (Å²) >= 11 is 0. The average Bonchev–Trinajstić information content (AvgIpc) is 3.05. The number of rotatable bonds is 5. The second-order valence-corrected chi connectivity index (χ2v) is 8.71. The fourth-order valence-corrected chi connectivity index (χ4v) is 4.85. The molecule has 2 saturated heterocycles. The first kappa shape index (κ1) is 20.8. The number of carbonyl (C=O) groups excluding carboxylic acids is 3.